The summed E-state index contributed by atoms with van der Waals surface area (Å²) in [7, 11) is -3.72. The minimum absolute atomic E-state index is 0.0428. The normalized spacial score (nSPS) is 21.3. The van der Waals surface area contributed by atoms with Crippen molar-refractivity contribution in [3.05, 3.63) is 58.4 Å². The predicted octanol–water partition coefficient (Wildman–Crippen LogP) is 3.11. The molecule has 3 rings (SSSR count). The molecule has 0 radical (unpaired) electrons. The number of rotatable bonds is 5. The number of pyridine rings is 1. The SMILES string of the molecule is Cc1cc(C)c(C)c(S(=O)(=O)NC(c2ccccn2)C2CC(O)C2)c1C. The van der Waals surface area contributed by atoms with E-state index in [9.17, 15) is 13.5 Å². The molecule has 1 aliphatic carbocycles. The lowest BCUT2D eigenvalue weighted by molar-refractivity contribution is 0.0273. The number of aliphatic hydroxyl groups excluding tert-OH is 1. The summed E-state index contributed by atoms with van der Waals surface area (Å²) in [5, 5.41) is 9.69. The van der Waals surface area contributed by atoms with E-state index in [-0.39, 0.29) is 12.0 Å². The van der Waals surface area contributed by atoms with Crippen LogP contribution >= 0.6 is 0 Å². The first-order valence-electron chi connectivity index (χ1n) is 8.89. The Morgan fingerprint density at radius 2 is 1.73 bits per heavy atom. The standard InChI is InChI=1S/C20H26N2O3S/c1-12-9-13(2)15(4)20(14(12)3)26(24,25)22-19(16-10-17(23)11-16)18-7-5-6-8-21-18/h5-9,16-17,19,22-23H,10-11H2,1-4H3. The van der Waals surface area contributed by atoms with Crippen molar-refractivity contribution in [1.29, 1.82) is 0 Å². The van der Waals surface area contributed by atoms with Crippen LogP contribution < -0.4 is 4.72 Å². The van der Waals surface area contributed by atoms with Crippen molar-refractivity contribution in [2.45, 2.75) is 57.6 Å². The second-order valence-electron chi connectivity index (χ2n) is 7.33. The van der Waals surface area contributed by atoms with E-state index in [1.54, 1.807) is 6.20 Å². The van der Waals surface area contributed by atoms with Gasteiger partial charge in [-0.05, 0) is 80.8 Å². The minimum Gasteiger partial charge on any atom is -0.393 e. The maximum absolute atomic E-state index is 13.3. The maximum atomic E-state index is 13.3. The first-order chi connectivity index (χ1) is 12.2. The number of aryl methyl sites for hydroxylation is 2. The number of nitrogens with zero attached hydrogens (tertiary/aromatic N) is 1. The van der Waals surface area contributed by atoms with Gasteiger partial charge in [0, 0.05) is 6.20 Å². The summed E-state index contributed by atoms with van der Waals surface area (Å²) in [6, 6.07) is 7.07. The highest BCUT2D eigenvalue weighted by molar-refractivity contribution is 7.89. The summed E-state index contributed by atoms with van der Waals surface area (Å²) in [6.45, 7) is 7.55. The Balaban J connectivity index is 2.01. The lowest BCUT2D eigenvalue weighted by Crippen LogP contribution is -2.42. The van der Waals surface area contributed by atoms with Gasteiger partial charge >= 0.3 is 0 Å². The first-order valence-corrected chi connectivity index (χ1v) is 10.4. The van der Waals surface area contributed by atoms with E-state index in [4.69, 9.17) is 0 Å². The zero-order chi connectivity index (χ0) is 19.1. The van der Waals surface area contributed by atoms with Gasteiger partial charge in [-0.3, -0.25) is 4.98 Å². The molecule has 26 heavy (non-hydrogen) atoms. The van der Waals surface area contributed by atoms with Crippen LogP contribution in [0.4, 0.5) is 0 Å². The third-order valence-corrected chi connectivity index (χ3v) is 7.19. The fourth-order valence-electron chi connectivity index (χ4n) is 3.67. The molecule has 0 bridgehead atoms. The molecule has 1 saturated carbocycles. The lowest BCUT2D eigenvalue weighted by atomic mass is 9.76. The highest BCUT2D eigenvalue weighted by atomic mass is 32.2. The van der Waals surface area contributed by atoms with Gasteiger partial charge in [-0.1, -0.05) is 12.1 Å². The smallest absolute Gasteiger partial charge is 0.241 e. The Labute approximate surface area is 155 Å². The van der Waals surface area contributed by atoms with Crippen LogP contribution in [0.5, 0.6) is 0 Å². The van der Waals surface area contributed by atoms with Crippen LogP contribution in [-0.4, -0.2) is 24.6 Å². The van der Waals surface area contributed by atoms with Gasteiger partial charge in [0.15, 0.2) is 0 Å². The number of nitrogens with one attached hydrogen (secondary N) is 1. The fraction of sp³-hybridized carbons (Fsp3) is 0.450. The van der Waals surface area contributed by atoms with E-state index in [2.05, 4.69) is 9.71 Å². The van der Waals surface area contributed by atoms with Crippen molar-refractivity contribution < 1.29 is 13.5 Å². The second kappa shape index (κ2) is 7.10. The number of sulfonamides is 1. The Bertz CT molecular complexity index is 878. The van der Waals surface area contributed by atoms with Gasteiger partial charge in [0.2, 0.25) is 10.0 Å². The topological polar surface area (TPSA) is 79.3 Å². The summed E-state index contributed by atoms with van der Waals surface area (Å²) < 4.78 is 29.5. The first kappa shape index (κ1) is 19.0. The molecule has 1 unspecified atom stereocenters. The zero-order valence-electron chi connectivity index (χ0n) is 15.7. The van der Waals surface area contributed by atoms with E-state index in [0.29, 0.717) is 23.4 Å². The summed E-state index contributed by atoms with van der Waals surface area (Å²) in [6.07, 6.45) is 2.46. The van der Waals surface area contributed by atoms with Crippen molar-refractivity contribution in [2.24, 2.45) is 5.92 Å². The van der Waals surface area contributed by atoms with Crippen molar-refractivity contribution in [3.8, 4) is 0 Å². The largest absolute Gasteiger partial charge is 0.393 e. The molecular formula is C20H26N2O3S. The van der Waals surface area contributed by atoms with E-state index < -0.39 is 16.1 Å². The molecule has 2 aromatic rings. The van der Waals surface area contributed by atoms with Gasteiger partial charge in [-0.25, -0.2) is 13.1 Å². The third kappa shape index (κ3) is 3.54. The van der Waals surface area contributed by atoms with Crippen molar-refractivity contribution in [1.82, 2.24) is 9.71 Å². The second-order valence-corrected chi connectivity index (χ2v) is 8.98. The summed E-state index contributed by atoms with van der Waals surface area (Å²) in [5.74, 6) is 0.0428. The van der Waals surface area contributed by atoms with Gasteiger partial charge in [0.25, 0.3) is 0 Å². The molecule has 140 valence electrons. The number of benzene rings is 1. The average molecular weight is 375 g/mol. The molecule has 2 N–H and O–H groups in total. The van der Waals surface area contributed by atoms with Crippen LogP contribution in [-0.2, 0) is 10.0 Å². The van der Waals surface area contributed by atoms with Crippen LogP contribution in [0.3, 0.4) is 0 Å². The zero-order valence-corrected chi connectivity index (χ0v) is 16.5. The van der Waals surface area contributed by atoms with Gasteiger partial charge in [0.1, 0.15) is 0 Å². The quantitative estimate of drug-likeness (QED) is 0.843. The van der Waals surface area contributed by atoms with E-state index in [0.717, 1.165) is 22.3 Å². The van der Waals surface area contributed by atoms with Crippen LogP contribution in [0.2, 0.25) is 0 Å². The van der Waals surface area contributed by atoms with Crippen LogP contribution in [0.1, 0.15) is 46.8 Å². The number of aliphatic hydroxyl groups is 1. The predicted molar refractivity (Wildman–Crippen MR) is 101 cm³/mol. The molecule has 6 heteroatoms. The number of hydrogen-bond acceptors (Lipinski definition) is 4. The van der Waals surface area contributed by atoms with E-state index in [1.807, 2.05) is 52.0 Å². The molecule has 1 aliphatic rings. The Morgan fingerprint density at radius 3 is 2.23 bits per heavy atom. The fourth-order valence-corrected chi connectivity index (χ4v) is 5.56. The molecule has 1 aromatic heterocycles. The Kier molecular flexibility index (Phi) is 5.19. The van der Waals surface area contributed by atoms with Crippen LogP contribution in [0.25, 0.3) is 0 Å². The van der Waals surface area contributed by atoms with Crippen molar-refractivity contribution in [3.63, 3.8) is 0 Å². The van der Waals surface area contributed by atoms with Crippen LogP contribution in [0.15, 0.2) is 35.4 Å². The van der Waals surface area contributed by atoms with E-state index in [1.165, 1.54) is 0 Å². The third-order valence-electron chi connectivity index (χ3n) is 5.48. The summed E-state index contributed by atoms with van der Waals surface area (Å²) in [4.78, 5) is 4.71. The Hall–Kier alpha value is -1.76. The summed E-state index contributed by atoms with van der Waals surface area (Å²) in [5.41, 5.74) is 4.15. The van der Waals surface area contributed by atoms with Gasteiger partial charge < -0.3 is 5.11 Å². The van der Waals surface area contributed by atoms with Crippen molar-refractivity contribution >= 4 is 10.0 Å². The molecule has 0 amide bonds. The average Bonchev–Trinajstić information content (AvgIpc) is 2.56. The van der Waals surface area contributed by atoms with Gasteiger partial charge in [-0.2, -0.15) is 0 Å². The van der Waals surface area contributed by atoms with Crippen molar-refractivity contribution in [2.75, 3.05) is 0 Å². The molecule has 0 spiro atoms. The molecule has 5 nitrogen and oxygen atoms in total. The van der Waals surface area contributed by atoms with Gasteiger partial charge in [0.05, 0.1) is 22.7 Å². The van der Waals surface area contributed by atoms with Crippen LogP contribution in [0, 0.1) is 33.6 Å². The Morgan fingerprint density at radius 1 is 1.12 bits per heavy atom. The molecule has 0 saturated heterocycles. The highest BCUT2D eigenvalue weighted by Gasteiger charge is 2.38. The minimum atomic E-state index is -3.72. The van der Waals surface area contributed by atoms with E-state index >= 15 is 0 Å². The molecule has 1 atom stereocenters. The number of aromatic nitrogens is 1. The lowest BCUT2D eigenvalue weighted by Gasteiger charge is -2.37. The summed E-state index contributed by atoms with van der Waals surface area (Å²) >= 11 is 0. The monoisotopic (exact) mass is 374 g/mol. The molecule has 1 fully saturated rings. The molecule has 0 aliphatic heterocycles. The number of hydrogen-bond donors (Lipinski definition) is 2. The molecule has 1 heterocycles. The highest BCUT2D eigenvalue weighted by Crippen LogP contribution is 2.39. The molecular weight excluding hydrogens is 348 g/mol. The molecule has 1 aromatic carbocycles. The maximum Gasteiger partial charge on any atom is 0.241 e. The van der Waals surface area contributed by atoms with Gasteiger partial charge in [-0.15, -0.1) is 0 Å².